The molecular formula is C26H21FN2O3. The first-order chi connectivity index (χ1) is 15.5. The van der Waals surface area contributed by atoms with E-state index >= 15 is 0 Å². The molecule has 3 aromatic rings. The second-order valence-electron chi connectivity index (χ2n) is 6.89. The van der Waals surface area contributed by atoms with Crippen LogP contribution in [0.3, 0.4) is 0 Å². The van der Waals surface area contributed by atoms with Crippen molar-refractivity contribution in [3.63, 3.8) is 0 Å². The van der Waals surface area contributed by atoms with Crippen LogP contribution in [-0.2, 0) is 16.0 Å². The van der Waals surface area contributed by atoms with Crippen molar-refractivity contribution < 1.29 is 18.7 Å². The number of rotatable bonds is 7. The molecule has 1 amide bonds. The number of halogens is 1. The summed E-state index contributed by atoms with van der Waals surface area (Å²) in [4.78, 5) is 24.4. The molecule has 0 fully saturated rings. The lowest BCUT2D eigenvalue weighted by molar-refractivity contribution is -0.112. The number of esters is 1. The highest BCUT2D eigenvalue weighted by Crippen LogP contribution is 2.20. The summed E-state index contributed by atoms with van der Waals surface area (Å²) in [5.74, 6) is -1.35. The predicted molar refractivity (Wildman–Crippen MR) is 120 cm³/mol. The number of hydrogen-bond acceptors (Lipinski definition) is 4. The Morgan fingerprint density at radius 2 is 1.66 bits per heavy atom. The monoisotopic (exact) mass is 428 g/mol. The summed E-state index contributed by atoms with van der Waals surface area (Å²) < 4.78 is 19.0. The normalized spacial score (nSPS) is 10.8. The van der Waals surface area contributed by atoms with E-state index < -0.39 is 11.9 Å². The third-order valence-corrected chi connectivity index (χ3v) is 4.71. The third-order valence-electron chi connectivity index (χ3n) is 4.71. The average Bonchev–Trinajstić information content (AvgIpc) is 2.80. The molecule has 3 rings (SSSR count). The van der Waals surface area contributed by atoms with E-state index in [1.54, 1.807) is 49.4 Å². The summed E-state index contributed by atoms with van der Waals surface area (Å²) in [5.41, 5.74) is 2.67. The van der Waals surface area contributed by atoms with E-state index in [1.165, 1.54) is 24.3 Å². The van der Waals surface area contributed by atoms with Crippen LogP contribution in [0.2, 0.25) is 0 Å². The van der Waals surface area contributed by atoms with Crippen LogP contribution in [0, 0.1) is 17.1 Å². The maximum Gasteiger partial charge on any atom is 0.338 e. The Hall–Kier alpha value is -4.24. The molecule has 0 saturated heterocycles. The summed E-state index contributed by atoms with van der Waals surface area (Å²) in [7, 11) is 0. The molecule has 160 valence electrons. The van der Waals surface area contributed by atoms with Crippen LogP contribution >= 0.6 is 0 Å². The van der Waals surface area contributed by atoms with Gasteiger partial charge in [0.1, 0.15) is 17.5 Å². The van der Waals surface area contributed by atoms with Gasteiger partial charge in [-0.2, -0.15) is 5.26 Å². The topological polar surface area (TPSA) is 79.2 Å². The molecule has 0 aromatic heterocycles. The molecular weight excluding hydrogens is 407 g/mol. The summed E-state index contributed by atoms with van der Waals surface area (Å²) in [6.45, 7) is 1.99. The number of carbonyl (C=O) groups excluding carboxylic acids is 2. The van der Waals surface area contributed by atoms with E-state index in [2.05, 4.69) is 5.32 Å². The molecule has 0 saturated carbocycles. The zero-order valence-corrected chi connectivity index (χ0v) is 17.5. The summed E-state index contributed by atoms with van der Waals surface area (Å²) in [6.07, 6.45) is 1.81. The number of benzene rings is 3. The largest absolute Gasteiger partial charge is 0.462 e. The number of nitrogens with zero attached hydrogens (tertiary/aromatic N) is 1. The Bertz CT molecular complexity index is 1190. The number of nitrogens with one attached hydrogen (secondary N) is 1. The van der Waals surface area contributed by atoms with Crippen molar-refractivity contribution in [1.82, 2.24) is 0 Å². The van der Waals surface area contributed by atoms with Crippen molar-refractivity contribution in [3.8, 4) is 6.07 Å². The van der Waals surface area contributed by atoms with Gasteiger partial charge in [0.2, 0.25) is 0 Å². The van der Waals surface area contributed by atoms with Crippen LogP contribution in [-0.4, -0.2) is 18.5 Å². The fourth-order valence-electron chi connectivity index (χ4n) is 3.09. The fourth-order valence-corrected chi connectivity index (χ4v) is 3.09. The molecule has 0 aliphatic heterocycles. The van der Waals surface area contributed by atoms with Gasteiger partial charge in [0.05, 0.1) is 12.2 Å². The minimum absolute atomic E-state index is 0.0968. The van der Waals surface area contributed by atoms with Gasteiger partial charge in [-0.25, -0.2) is 9.18 Å². The Morgan fingerprint density at radius 3 is 2.31 bits per heavy atom. The van der Waals surface area contributed by atoms with Crippen LogP contribution < -0.4 is 5.32 Å². The molecule has 1 N–H and O–H groups in total. The van der Waals surface area contributed by atoms with Crippen molar-refractivity contribution in [3.05, 3.63) is 106 Å². The number of carbonyl (C=O) groups is 2. The quantitative estimate of drug-likeness (QED) is 0.321. The van der Waals surface area contributed by atoms with Crippen molar-refractivity contribution in [2.75, 3.05) is 11.9 Å². The fraction of sp³-hybridized carbons (Fsp3) is 0.115. The smallest absolute Gasteiger partial charge is 0.338 e. The Balaban J connectivity index is 1.79. The molecule has 0 radical (unpaired) electrons. The van der Waals surface area contributed by atoms with Crippen LogP contribution in [0.15, 0.2) is 78.4 Å². The van der Waals surface area contributed by atoms with E-state index in [-0.39, 0.29) is 18.0 Å². The second-order valence-corrected chi connectivity index (χ2v) is 6.89. The molecule has 0 bridgehead atoms. The van der Waals surface area contributed by atoms with E-state index in [9.17, 15) is 19.2 Å². The number of amides is 1. The summed E-state index contributed by atoms with van der Waals surface area (Å²) in [5, 5.41) is 12.2. The standard InChI is InChI=1S/C26H21FN2O3/c1-2-32-26(31)18-11-13-23(14-12-18)29-25(30)22(17-28)16-20-8-4-3-7-19(20)15-21-9-5-6-10-24(21)27/h3-14,16H,2,15H2,1H3,(H,29,30)/b22-16+. The number of ether oxygens (including phenoxy) is 1. The molecule has 0 unspecified atom stereocenters. The maximum atomic E-state index is 14.1. The molecule has 0 atom stereocenters. The first-order valence-corrected chi connectivity index (χ1v) is 10.0. The zero-order valence-electron chi connectivity index (χ0n) is 17.5. The van der Waals surface area contributed by atoms with Crippen LogP contribution in [0.25, 0.3) is 6.08 Å². The van der Waals surface area contributed by atoms with E-state index in [0.717, 1.165) is 5.56 Å². The van der Waals surface area contributed by atoms with E-state index in [0.29, 0.717) is 28.8 Å². The van der Waals surface area contributed by atoms with Crippen molar-refractivity contribution in [1.29, 1.82) is 5.26 Å². The summed E-state index contributed by atoms with van der Waals surface area (Å²) >= 11 is 0. The van der Waals surface area contributed by atoms with Crippen molar-refractivity contribution >= 4 is 23.6 Å². The Labute approximate surface area is 185 Å². The molecule has 6 heteroatoms. The van der Waals surface area contributed by atoms with E-state index in [4.69, 9.17) is 4.74 Å². The molecule has 0 heterocycles. The summed E-state index contributed by atoms with van der Waals surface area (Å²) in [6, 6.07) is 21.8. The van der Waals surface area contributed by atoms with Gasteiger partial charge in [-0.1, -0.05) is 42.5 Å². The Kier molecular flexibility index (Phi) is 7.50. The van der Waals surface area contributed by atoms with Crippen LogP contribution in [0.5, 0.6) is 0 Å². The van der Waals surface area contributed by atoms with Gasteiger partial charge in [0.15, 0.2) is 0 Å². The van der Waals surface area contributed by atoms with Gasteiger partial charge in [-0.15, -0.1) is 0 Å². The number of anilines is 1. The third kappa shape index (κ3) is 5.67. The highest BCUT2D eigenvalue weighted by Gasteiger charge is 2.13. The van der Waals surface area contributed by atoms with Crippen molar-refractivity contribution in [2.45, 2.75) is 13.3 Å². The molecule has 0 aliphatic carbocycles. The molecule has 32 heavy (non-hydrogen) atoms. The zero-order chi connectivity index (χ0) is 22.9. The highest BCUT2D eigenvalue weighted by atomic mass is 19.1. The predicted octanol–water partition coefficient (Wildman–Crippen LogP) is 5.14. The van der Waals surface area contributed by atoms with E-state index in [1.807, 2.05) is 18.2 Å². The van der Waals surface area contributed by atoms with Crippen molar-refractivity contribution in [2.24, 2.45) is 0 Å². The van der Waals surface area contributed by atoms with Gasteiger partial charge < -0.3 is 10.1 Å². The van der Waals surface area contributed by atoms with Gasteiger partial charge >= 0.3 is 5.97 Å². The minimum Gasteiger partial charge on any atom is -0.462 e. The molecule has 0 spiro atoms. The van der Waals surface area contributed by atoms with Gasteiger partial charge in [0.25, 0.3) is 5.91 Å². The molecule has 5 nitrogen and oxygen atoms in total. The van der Waals surface area contributed by atoms with Gasteiger partial charge in [-0.3, -0.25) is 4.79 Å². The van der Waals surface area contributed by atoms with Gasteiger partial charge in [0, 0.05) is 12.1 Å². The van der Waals surface area contributed by atoms with Gasteiger partial charge in [-0.05, 0) is 60.0 Å². The average molecular weight is 428 g/mol. The SMILES string of the molecule is CCOC(=O)c1ccc(NC(=O)/C(C#N)=C/c2ccccc2Cc2ccccc2F)cc1. The van der Waals surface area contributed by atoms with Crippen LogP contribution in [0.4, 0.5) is 10.1 Å². The maximum absolute atomic E-state index is 14.1. The first kappa shape index (κ1) is 22.4. The molecule has 0 aliphatic rings. The number of nitriles is 1. The lowest BCUT2D eigenvalue weighted by Crippen LogP contribution is -2.14. The molecule has 3 aromatic carbocycles. The van der Waals surface area contributed by atoms with Crippen LogP contribution in [0.1, 0.15) is 34.0 Å². The lowest BCUT2D eigenvalue weighted by atomic mass is 9.98. The first-order valence-electron chi connectivity index (χ1n) is 10.0. The highest BCUT2D eigenvalue weighted by molar-refractivity contribution is 6.09. The number of hydrogen-bond donors (Lipinski definition) is 1. The minimum atomic E-state index is -0.586. The Morgan fingerprint density at radius 1 is 1.00 bits per heavy atom. The lowest BCUT2D eigenvalue weighted by Gasteiger charge is -2.09. The second kappa shape index (κ2) is 10.7.